The average Bonchev–Trinajstić information content (AvgIpc) is 2.81. The summed E-state index contributed by atoms with van der Waals surface area (Å²) in [7, 11) is 0. The van der Waals surface area contributed by atoms with Crippen molar-refractivity contribution in [2.45, 2.75) is 57.2 Å². The first-order valence-corrected chi connectivity index (χ1v) is 6.15. The second-order valence-corrected chi connectivity index (χ2v) is 5.14. The summed E-state index contributed by atoms with van der Waals surface area (Å²) < 4.78 is 12.0. The molecule has 0 bridgehead atoms. The first-order chi connectivity index (χ1) is 6.87. The predicted molar refractivity (Wildman–Crippen MR) is 54.0 cm³/mol. The molecule has 1 heterocycles. The van der Waals surface area contributed by atoms with E-state index in [1.54, 1.807) is 0 Å². The van der Waals surface area contributed by atoms with Crippen LogP contribution in [0.25, 0.3) is 0 Å². The number of hydrogen-bond donors (Lipinski definition) is 0. The number of rotatable bonds is 0. The van der Waals surface area contributed by atoms with Gasteiger partial charge < -0.3 is 9.47 Å². The van der Waals surface area contributed by atoms with Crippen LogP contribution in [0.3, 0.4) is 0 Å². The SMILES string of the molecule is C1CCC2(C1)CCCCC21OCCO1. The maximum Gasteiger partial charge on any atom is 0.174 e. The minimum Gasteiger partial charge on any atom is -0.347 e. The maximum absolute atomic E-state index is 6.00. The van der Waals surface area contributed by atoms with E-state index in [1.165, 1.54) is 44.9 Å². The van der Waals surface area contributed by atoms with Gasteiger partial charge in [0.15, 0.2) is 5.79 Å². The van der Waals surface area contributed by atoms with Crippen LogP contribution in [-0.4, -0.2) is 19.0 Å². The zero-order valence-corrected chi connectivity index (χ0v) is 8.89. The average molecular weight is 196 g/mol. The fourth-order valence-electron chi connectivity index (χ4n) is 3.86. The zero-order chi connectivity index (χ0) is 9.49. The lowest BCUT2D eigenvalue weighted by atomic mass is 9.68. The molecule has 3 aliphatic rings. The Bertz CT molecular complexity index is 188. The molecule has 2 saturated carbocycles. The normalized spacial score (nSPS) is 34.3. The van der Waals surface area contributed by atoms with Crippen LogP contribution in [0.2, 0.25) is 0 Å². The van der Waals surface area contributed by atoms with Gasteiger partial charge in [-0.2, -0.15) is 0 Å². The minimum absolute atomic E-state index is 0.151. The monoisotopic (exact) mass is 196 g/mol. The van der Waals surface area contributed by atoms with Gasteiger partial charge in [-0.25, -0.2) is 0 Å². The minimum atomic E-state index is -0.151. The Morgan fingerprint density at radius 1 is 0.643 bits per heavy atom. The Kier molecular flexibility index (Phi) is 2.10. The molecule has 0 N–H and O–H groups in total. The smallest absolute Gasteiger partial charge is 0.174 e. The van der Waals surface area contributed by atoms with Gasteiger partial charge in [0, 0.05) is 11.8 Å². The number of hydrogen-bond acceptors (Lipinski definition) is 2. The van der Waals surface area contributed by atoms with E-state index < -0.39 is 0 Å². The van der Waals surface area contributed by atoms with Crippen LogP contribution in [0, 0.1) is 5.41 Å². The Labute approximate surface area is 86.0 Å². The molecule has 2 spiro atoms. The lowest BCUT2D eigenvalue weighted by Gasteiger charge is -2.48. The summed E-state index contributed by atoms with van der Waals surface area (Å²) in [5.41, 5.74) is 0.405. The molecule has 0 amide bonds. The first kappa shape index (κ1) is 9.17. The van der Waals surface area contributed by atoms with Gasteiger partial charge in [0.25, 0.3) is 0 Å². The topological polar surface area (TPSA) is 18.5 Å². The van der Waals surface area contributed by atoms with Gasteiger partial charge >= 0.3 is 0 Å². The fourth-order valence-corrected chi connectivity index (χ4v) is 3.86. The van der Waals surface area contributed by atoms with Crippen LogP contribution < -0.4 is 0 Å². The largest absolute Gasteiger partial charge is 0.347 e. The lowest BCUT2D eigenvalue weighted by Crippen LogP contribution is -2.50. The molecule has 2 aliphatic carbocycles. The van der Waals surface area contributed by atoms with Gasteiger partial charge in [0.2, 0.25) is 0 Å². The standard InChI is InChI=1S/C12H20O2/c1-2-6-11(5-1)7-3-4-8-12(11)13-9-10-14-12/h1-10H2. The molecule has 3 rings (SSSR count). The Morgan fingerprint density at radius 2 is 1.14 bits per heavy atom. The Morgan fingerprint density at radius 3 is 1.71 bits per heavy atom. The van der Waals surface area contributed by atoms with E-state index in [9.17, 15) is 0 Å². The third kappa shape index (κ3) is 1.10. The van der Waals surface area contributed by atoms with E-state index in [0.29, 0.717) is 5.41 Å². The Balaban J connectivity index is 1.91. The molecule has 2 nitrogen and oxygen atoms in total. The molecule has 0 aromatic rings. The molecule has 0 unspecified atom stereocenters. The zero-order valence-electron chi connectivity index (χ0n) is 8.89. The summed E-state index contributed by atoms with van der Waals surface area (Å²) in [6.45, 7) is 1.64. The second kappa shape index (κ2) is 3.21. The van der Waals surface area contributed by atoms with Crippen molar-refractivity contribution in [1.82, 2.24) is 0 Å². The molecule has 1 saturated heterocycles. The van der Waals surface area contributed by atoms with Crippen LogP contribution in [-0.2, 0) is 9.47 Å². The highest BCUT2D eigenvalue weighted by Gasteiger charge is 2.57. The molecule has 0 radical (unpaired) electrons. The third-order valence-electron chi connectivity index (χ3n) is 4.53. The second-order valence-electron chi connectivity index (χ2n) is 5.14. The molecule has 0 aromatic heterocycles. The van der Waals surface area contributed by atoms with E-state index in [1.807, 2.05) is 0 Å². The van der Waals surface area contributed by atoms with Crippen molar-refractivity contribution in [2.24, 2.45) is 5.41 Å². The van der Waals surface area contributed by atoms with Crippen LogP contribution in [0.1, 0.15) is 51.4 Å². The van der Waals surface area contributed by atoms with Crippen LogP contribution in [0.4, 0.5) is 0 Å². The summed E-state index contributed by atoms with van der Waals surface area (Å²) in [5.74, 6) is -0.151. The molecule has 0 aromatic carbocycles. The van der Waals surface area contributed by atoms with E-state index in [0.717, 1.165) is 19.6 Å². The molecule has 14 heavy (non-hydrogen) atoms. The number of ether oxygens (including phenoxy) is 2. The van der Waals surface area contributed by atoms with Gasteiger partial charge in [-0.1, -0.05) is 19.3 Å². The van der Waals surface area contributed by atoms with Gasteiger partial charge in [-0.05, 0) is 25.7 Å². The molecule has 1 aliphatic heterocycles. The summed E-state index contributed by atoms with van der Waals surface area (Å²) >= 11 is 0. The van der Waals surface area contributed by atoms with Crippen molar-refractivity contribution in [2.75, 3.05) is 13.2 Å². The van der Waals surface area contributed by atoms with E-state index in [-0.39, 0.29) is 5.79 Å². The summed E-state index contributed by atoms with van der Waals surface area (Å²) in [6.07, 6.45) is 10.6. The van der Waals surface area contributed by atoms with E-state index >= 15 is 0 Å². The van der Waals surface area contributed by atoms with Crippen molar-refractivity contribution >= 4 is 0 Å². The molecule has 3 fully saturated rings. The highest BCUT2D eigenvalue weighted by atomic mass is 16.7. The van der Waals surface area contributed by atoms with Crippen molar-refractivity contribution in [3.05, 3.63) is 0 Å². The van der Waals surface area contributed by atoms with Gasteiger partial charge in [-0.3, -0.25) is 0 Å². The predicted octanol–water partition coefficient (Wildman–Crippen LogP) is 2.86. The number of fused-ring (bicyclic) bond motifs is 1. The van der Waals surface area contributed by atoms with Crippen LogP contribution in [0.5, 0.6) is 0 Å². The lowest BCUT2D eigenvalue weighted by molar-refractivity contribution is -0.254. The third-order valence-corrected chi connectivity index (χ3v) is 4.53. The summed E-state index contributed by atoms with van der Waals surface area (Å²) in [5, 5.41) is 0. The molecule has 0 atom stereocenters. The fraction of sp³-hybridized carbons (Fsp3) is 1.00. The van der Waals surface area contributed by atoms with Crippen molar-refractivity contribution in [1.29, 1.82) is 0 Å². The molecule has 2 heteroatoms. The highest BCUT2D eigenvalue weighted by Crippen LogP contribution is 2.57. The van der Waals surface area contributed by atoms with E-state index in [4.69, 9.17) is 9.47 Å². The van der Waals surface area contributed by atoms with E-state index in [2.05, 4.69) is 0 Å². The van der Waals surface area contributed by atoms with Crippen LogP contribution in [0.15, 0.2) is 0 Å². The van der Waals surface area contributed by atoms with Gasteiger partial charge in [0.05, 0.1) is 13.2 Å². The van der Waals surface area contributed by atoms with Crippen molar-refractivity contribution < 1.29 is 9.47 Å². The molecular formula is C12H20O2. The van der Waals surface area contributed by atoms with Crippen LogP contribution >= 0.6 is 0 Å². The summed E-state index contributed by atoms with van der Waals surface area (Å²) in [4.78, 5) is 0. The van der Waals surface area contributed by atoms with Gasteiger partial charge in [-0.15, -0.1) is 0 Å². The van der Waals surface area contributed by atoms with Crippen molar-refractivity contribution in [3.63, 3.8) is 0 Å². The van der Waals surface area contributed by atoms with Gasteiger partial charge in [0.1, 0.15) is 0 Å². The summed E-state index contributed by atoms with van der Waals surface area (Å²) in [6, 6.07) is 0. The highest BCUT2D eigenvalue weighted by molar-refractivity contribution is 5.01. The molecule has 80 valence electrons. The first-order valence-electron chi connectivity index (χ1n) is 6.15. The van der Waals surface area contributed by atoms with Crippen molar-refractivity contribution in [3.8, 4) is 0 Å². The Hall–Kier alpha value is -0.0800. The quantitative estimate of drug-likeness (QED) is 0.593. The molecular weight excluding hydrogens is 176 g/mol. The maximum atomic E-state index is 6.00.